The number of carbonyl (C=O) groups is 2. The molecule has 4 unspecified atom stereocenters. The summed E-state index contributed by atoms with van der Waals surface area (Å²) in [7, 11) is 0. The van der Waals surface area contributed by atoms with Gasteiger partial charge in [0.1, 0.15) is 35.2 Å². The van der Waals surface area contributed by atoms with Crippen LogP contribution >= 0.6 is 0 Å². The van der Waals surface area contributed by atoms with Crippen molar-refractivity contribution in [1.82, 2.24) is 4.90 Å². The minimum Gasteiger partial charge on any atom is -0.480 e. The molecule has 5 aliphatic rings. The van der Waals surface area contributed by atoms with Crippen molar-refractivity contribution in [2.45, 2.75) is 91.0 Å². The van der Waals surface area contributed by atoms with Gasteiger partial charge in [-0.15, -0.1) is 0 Å². The lowest BCUT2D eigenvalue weighted by Crippen LogP contribution is -2.29. The number of amides is 2. The highest BCUT2D eigenvalue weighted by molar-refractivity contribution is 6.21. The van der Waals surface area contributed by atoms with Crippen LogP contribution in [0.4, 0.5) is 0 Å². The van der Waals surface area contributed by atoms with Gasteiger partial charge in [0.2, 0.25) is 0 Å². The van der Waals surface area contributed by atoms with Crippen LogP contribution in [0, 0.1) is 13.8 Å². The summed E-state index contributed by atoms with van der Waals surface area (Å²) in [5.41, 5.74) is 22.2. The van der Waals surface area contributed by atoms with Gasteiger partial charge in [-0.05, 0) is 159 Å². The largest absolute Gasteiger partial charge is 0.480 e. The Bertz CT molecular complexity index is 3490. The highest BCUT2D eigenvalue weighted by Crippen LogP contribution is 2.49. The van der Waals surface area contributed by atoms with Gasteiger partial charge in [-0.2, -0.15) is 0 Å². The van der Waals surface area contributed by atoms with Crippen LogP contribution in [0.1, 0.15) is 141 Å². The molecule has 2 N–H and O–H groups in total. The molecule has 5 heterocycles. The lowest BCUT2D eigenvalue weighted by Gasteiger charge is -2.31. The van der Waals surface area contributed by atoms with E-state index < -0.39 is 0 Å². The minimum absolute atomic E-state index is 0.176. The Kier molecular flexibility index (Phi) is 16.4. The van der Waals surface area contributed by atoms with E-state index >= 15 is 0 Å². The molecule has 2 fully saturated rings. The number of fused-ring (bicyclic) bond motifs is 3. The maximum Gasteiger partial charge on any atom is 0.261 e. The highest BCUT2D eigenvalue weighted by atomic mass is 16.7. The van der Waals surface area contributed by atoms with Crippen LogP contribution in [-0.4, -0.2) is 55.6 Å². The highest BCUT2D eigenvalue weighted by Gasteiger charge is 2.35. The van der Waals surface area contributed by atoms with Gasteiger partial charge >= 0.3 is 0 Å². The van der Waals surface area contributed by atoms with Crippen molar-refractivity contribution < 1.29 is 38.0 Å². The molecule has 0 aliphatic carbocycles. The van der Waals surface area contributed by atoms with Crippen LogP contribution in [-0.2, 0) is 9.47 Å². The van der Waals surface area contributed by atoms with Gasteiger partial charge in [0.15, 0.2) is 12.6 Å². The zero-order valence-corrected chi connectivity index (χ0v) is 46.0. The SMILES string of the molecule is CC1=C(c2cccc(OC3CCCCO3)c2)C(c2ccc(/C=C\CN)cc2)Oc2ccc(C)cc21.CC1=C(c2cccc(OC3CCCCO3)c2)C(c2ccc(/C=C\CN3C(=O)c4ccccc4C3=O)cc2)Oc2ccc(C)cc21. The number of carbonyl (C=O) groups excluding carboxylic acids is 2. The molecule has 2 saturated heterocycles. The monoisotopic (exact) mass is 1060 g/mol. The second-order valence-electron chi connectivity index (χ2n) is 21.1. The first-order valence-corrected chi connectivity index (χ1v) is 28.0. The molecule has 4 atom stereocenters. The summed E-state index contributed by atoms with van der Waals surface area (Å²) in [4.78, 5) is 26.7. The van der Waals surface area contributed by atoms with Crippen LogP contribution in [0.25, 0.3) is 34.4 Å². The minimum atomic E-state index is -0.322. The number of benzene rings is 7. The van der Waals surface area contributed by atoms with E-state index in [1.54, 1.807) is 24.3 Å². The van der Waals surface area contributed by atoms with Crippen LogP contribution in [0.5, 0.6) is 23.0 Å². The fourth-order valence-corrected chi connectivity index (χ4v) is 11.2. The van der Waals surface area contributed by atoms with Gasteiger partial charge in [-0.1, -0.05) is 132 Å². The molecule has 2 amide bonds. The van der Waals surface area contributed by atoms with Crippen molar-refractivity contribution in [3.63, 3.8) is 0 Å². The average molecular weight is 1070 g/mol. The van der Waals surface area contributed by atoms with Crippen LogP contribution in [0.15, 0.2) is 170 Å². The topological polar surface area (TPSA) is 119 Å². The number of hydrogen-bond donors (Lipinski definition) is 1. The van der Waals surface area contributed by atoms with Gasteiger partial charge in [0, 0.05) is 48.2 Å². The number of aryl methyl sites for hydroxylation is 2. The molecule has 7 aromatic rings. The maximum absolute atomic E-state index is 12.7. The standard InChI is InChI=1S/C39H35NO5.C31H33NO3/c1-25-15-20-34-33(23-25)26(2)36(29-10-7-11-30(24-29)44-35-14-5-6-22-43-35)37(45-34)28-18-16-27(17-19-28)9-8-21-40-38(41)31-12-3-4-13-32(31)39(40)42;1-21-11-16-28-27(19-21)22(2)30(31(35-28)24-14-12-23(13-15-24)7-6-17-32)25-8-5-9-26(20-25)34-29-10-3-4-18-33-29/h3-4,7-13,15-20,23-24,35,37H,5-6,14,21-22H2,1-2H3;5-9,11-16,19-20,29,31H,3-4,10,17-18,32H2,1-2H3/b9-8-;7-6-. The van der Waals surface area contributed by atoms with Crippen molar-refractivity contribution in [2.75, 3.05) is 26.3 Å². The molecular formula is C70H68N2O8. The Balaban J connectivity index is 0.000000174. The zero-order valence-electron chi connectivity index (χ0n) is 46.0. The summed E-state index contributed by atoms with van der Waals surface area (Å²) < 4.78 is 37.5. The normalized spacial score (nSPS) is 19.7. The summed E-state index contributed by atoms with van der Waals surface area (Å²) >= 11 is 0. The molecule has 5 aliphatic heterocycles. The Morgan fingerprint density at radius 2 is 0.975 bits per heavy atom. The van der Waals surface area contributed by atoms with Gasteiger partial charge in [0.05, 0.1) is 24.3 Å². The summed E-state index contributed by atoms with van der Waals surface area (Å²) in [6.07, 6.45) is 13.1. The number of ether oxygens (including phenoxy) is 6. The maximum atomic E-state index is 12.7. The van der Waals surface area contributed by atoms with E-state index in [9.17, 15) is 9.59 Å². The molecule has 10 heteroatoms. The van der Waals surface area contributed by atoms with Crippen molar-refractivity contribution in [3.8, 4) is 23.0 Å². The average Bonchev–Trinajstić information content (AvgIpc) is 3.85. The third-order valence-corrected chi connectivity index (χ3v) is 15.4. The van der Waals surface area contributed by atoms with E-state index in [4.69, 9.17) is 34.2 Å². The second kappa shape index (κ2) is 24.4. The Hall–Kier alpha value is -8.28. The summed E-state index contributed by atoms with van der Waals surface area (Å²) in [6.45, 7) is 10.8. The van der Waals surface area contributed by atoms with Crippen LogP contribution < -0.4 is 24.7 Å². The first kappa shape index (κ1) is 53.7. The van der Waals surface area contributed by atoms with Crippen LogP contribution in [0.3, 0.4) is 0 Å². The number of allylic oxidation sites excluding steroid dienone is 2. The van der Waals surface area contributed by atoms with Crippen molar-refractivity contribution in [1.29, 1.82) is 0 Å². The predicted molar refractivity (Wildman–Crippen MR) is 317 cm³/mol. The number of imide groups is 1. The van der Waals surface area contributed by atoms with E-state index in [0.29, 0.717) is 17.7 Å². The Morgan fingerprint density at radius 1 is 0.512 bits per heavy atom. The summed E-state index contributed by atoms with van der Waals surface area (Å²) in [6, 6.07) is 52.9. The molecular weight excluding hydrogens is 997 g/mol. The van der Waals surface area contributed by atoms with E-state index in [-0.39, 0.29) is 43.1 Å². The molecule has 0 saturated carbocycles. The molecule has 80 heavy (non-hydrogen) atoms. The van der Waals surface area contributed by atoms with Crippen molar-refractivity contribution in [2.24, 2.45) is 5.73 Å². The van der Waals surface area contributed by atoms with Gasteiger partial charge < -0.3 is 34.2 Å². The fourth-order valence-electron chi connectivity index (χ4n) is 11.2. The third-order valence-electron chi connectivity index (χ3n) is 15.4. The molecule has 12 rings (SSSR count). The predicted octanol–water partition coefficient (Wildman–Crippen LogP) is 15.2. The van der Waals surface area contributed by atoms with E-state index in [0.717, 1.165) is 130 Å². The molecule has 0 spiro atoms. The molecule has 7 aromatic carbocycles. The molecule has 0 aromatic heterocycles. The number of nitrogens with zero attached hydrogens (tertiary/aromatic N) is 1. The quantitative estimate of drug-likeness (QED) is 0.113. The summed E-state index contributed by atoms with van der Waals surface area (Å²) in [5.74, 6) is 2.88. The first-order valence-electron chi connectivity index (χ1n) is 28.0. The molecule has 0 radical (unpaired) electrons. The van der Waals surface area contributed by atoms with E-state index in [1.807, 2.05) is 60.7 Å². The molecule has 10 nitrogen and oxygen atoms in total. The third kappa shape index (κ3) is 11.8. The van der Waals surface area contributed by atoms with Gasteiger partial charge in [-0.3, -0.25) is 14.5 Å². The number of nitrogens with two attached hydrogens (primary N) is 1. The van der Waals surface area contributed by atoms with Crippen LogP contribution in [0.2, 0.25) is 0 Å². The first-order chi connectivity index (χ1) is 39.1. The molecule has 0 bridgehead atoms. The number of hydrogen-bond acceptors (Lipinski definition) is 9. The van der Waals surface area contributed by atoms with Gasteiger partial charge in [-0.25, -0.2) is 0 Å². The lowest BCUT2D eigenvalue weighted by molar-refractivity contribution is -0.106. The van der Waals surface area contributed by atoms with Crippen molar-refractivity contribution in [3.05, 3.63) is 237 Å². The summed E-state index contributed by atoms with van der Waals surface area (Å²) in [5, 5.41) is 0. The van der Waals surface area contributed by atoms with Gasteiger partial charge in [0.25, 0.3) is 11.8 Å². The van der Waals surface area contributed by atoms with Crippen molar-refractivity contribution >= 4 is 46.3 Å². The number of rotatable bonds is 13. The zero-order chi connectivity index (χ0) is 55.1. The lowest BCUT2D eigenvalue weighted by atomic mass is 9.85. The fraction of sp³-hybridized carbons (Fsp3) is 0.257. The second-order valence-corrected chi connectivity index (χ2v) is 21.1. The van der Waals surface area contributed by atoms with E-state index in [1.165, 1.54) is 27.2 Å². The Morgan fingerprint density at radius 3 is 1.41 bits per heavy atom. The Labute approximate surface area is 469 Å². The smallest absolute Gasteiger partial charge is 0.261 e. The molecule has 406 valence electrons. The van der Waals surface area contributed by atoms with E-state index in [2.05, 4.69) is 125 Å².